The molecule has 0 amide bonds. The molecule has 2 heterocycles. The van der Waals surface area contributed by atoms with Crippen LogP contribution in [0.2, 0.25) is 5.02 Å². The third-order valence-corrected chi connectivity index (χ3v) is 6.35. The van der Waals surface area contributed by atoms with Crippen LogP contribution in [0.1, 0.15) is 11.1 Å². The molecule has 13 heteroatoms. The average Bonchev–Trinajstić information content (AvgIpc) is 2.91. The van der Waals surface area contributed by atoms with E-state index in [1.807, 2.05) is 38.1 Å². The number of fused-ring (bicyclic) bond motifs is 1. The molecule has 5 aromatic rings. The van der Waals surface area contributed by atoms with Crippen LogP contribution in [0.3, 0.4) is 0 Å². The van der Waals surface area contributed by atoms with Crippen molar-refractivity contribution in [3.63, 3.8) is 0 Å². The maximum absolute atomic E-state index is 11.9. The number of anilines is 4. The molecule has 0 bridgehead atoms. The van der Waals surface area contributed by atoms with E-state index in [0.29, 0.717) is 22.0 Å². The lowest BCUT2D eigenvalue weighted by molar-refractivity contribution is 0.440. The second-order valence-corrected chi connectivity index (χ2v) is 10.0. The van der Waals surface area contributed by atoms with Crippen LogP contribution in [0.15, 0.2) is 82.0 Å². The van der Waals surface area contributed by atoms with Crippen molar-refractivity contribution in [1.29, 1.82) is 0 Å². The molecule has 0 aliphatic heterocycles. The lowest BCUT2D eigenvalue weighted by Gasteiger charge is -2.14. The van der Waals surface area contributed by atoms with Crippen molar-refractivity contribution >= 4 is 80.5 Å². The van der Waals surface area contributed by atoms with Crippen molar-refractivity contribution in [1.82, 2.24) is 15.0 Å². The SMILES string of the molecule is Cc1ccccc1NC(=S)Nc1nc(NC(=S)Nc2ccc(Cl)cc2)nc(Oc2ccc3c(C)cc(=O)oc3c2)n1. The zero-order valence-corrected chi connectivity index (χ0v) is 24.1. The molecule has 0 aliphatic rings. The molecular formula is C28H22ClN7O3S2. The third-order valence-electron chi connectivity index (χ3n) is 5.69. The number of hydrogen-bond donors (Lipinski definition) is 4. The highest BCUT2D eigenvalue weighted by Crippen LogP contribution is 2.26. The molecular weight excluding hydrogens is 582 g/mol. The number of rotatable bonds is 6. The molecule has 0 saturated heterocycles. The summed E-state index contributed by atoms with van der Waals surface area (Å²) in [6.45, 7) is 3.79. The topological polar surface area (TPSA) is 126 Å². The summed E-state index contributed by atoms with van der Waals surface area (Å²) in [5, 5.41) is 13.9. The predicted octanol–water partition coefficient (Wildman–Crippen LogP) is 6.66. The van der Waals surface area contributed by atoms with E-state index in [1.165, 1.54) is 6.07 Å². The van der Waals surface area contributed by atoms with Crippen LogP contribution in [-0.4, -0.2) is 25.2 Å². The van der Waals surface area contributed by atoms with Crippen LogP contribution in [0, 0.1) is 13.8 Å². The van der Waals surface area contributed by atoms with Crippen LogP contribution >= 0.6 is 36.0 Å². The summed E-state index contributed by atoms with van der Waals surface area (Å²) in [6.07, 6.45) is 0. The van der Waals surface area contributed by atoms with E-state index in [4.69, 9.17) is 45.2 Å². The van der Waals surface area contributed by atoms with Crippen molar-refractivity contribution in [2.75, 3.05) is 21.3 Å². The van der Waals surface area contributed by atoms with E-state index in [9.17, 15) is 4.79 Å². The van der Waals surface area contributed by atoms with Gasteiger partial charge in [0.2, 0.25) is 11.9 Å². The Kier molecular flexibility index (Phi) is 8.34. The van der Waals surface area contributed by atoms with Gasteiger partial charge in [-0.3, -0.25) is 0 Å². The molecule has 0 fully saturated rings. The molecule has 0 unspecified atom stereocenters. The van der Waals surface area contributed by atoms with Crippen molar-refractivity contribution in [3.05, 3.63) is 99.4 Å². The first-order chi connectivity index (χ1) is 19.7. The highest BCUT2D eigenvalue weighted by molar-refractivity contribution is 7.81. The first-order valence-corrected chi connectivity index (χ1v) is 13.4. The average molecular weight is 604 g/mol. The second kappa shape index (κ2) is 12.3. The molecule has 0 atom stereocenters. The molecule has 5 rings (SSSR count). The second-order valence-electron chi connectivity index (χ2n) is 8.75. The fraction of sp³-hybridized carbons (Fsp3) is 0.0714. The number of halogens is 1. The predicted molar refractivity (Wildman–Crippen MR) is 169 cm³/mol. The minimum absolute atomic E-state index is 0.0627. The number of nitrogens with zero attached hydrogens (tertiary/aromatic N) is 3. The van der Waals surface area contributed by atoms with E-state index in [0.717, 1.165) is 22.2 Å². The first-order valence-electron chi connectivity index (χ1n) is 12.2. The van der Waals surface area contributed by atoms with Gasteiger partial charge in [0.05, 0.1) is 0 Å². The van der Waals surface area contributed by atoms with Gasteiger partial charge in [0.15, 0.2) is 10.2 Å². The maximum atomic E-state index is 11.9. The minimum atomic E-state index is -0.457. The Labute approximate surface area is 250 Å². The molecule has 0 saturated carbocycles. The van der Waals surface area contributed by atoms with Crippen LogP contribution < -0.4 is 31.6 Å². The summed E-state index contributed by atoms with van der Waals surface area (Å²) in [5.41, 5.74) is 3.26. The monoisotopic (exact) mass is 603 g/mol. The molecule has 41 heavy (non-hydrogen) atoms. The molecule has 2 aromatic heterocycles. The minimum Gasteiger partial charge on any atom is -0.424 e. The summed E-state index contributed by atoms with van der Waals surface area (Å²) in [7, 11) is 0. The van der Waals surface area contributed by atoms with E-state index < -0.39 is 5.63 Å². The number of ether oxygens (including phenoxy) is 1. The Balaban J connectivity index is 1.41. The first kappa shape index (κ1) is 27.9. The molecule has 10 nitrogen and oxygen atoms in total. The van der Waals surface area contributed by atoms with E-state index in [2.05, 4.69) is 36.2 Å². The van der Waals surface area contributed by atoms with Crippen molar-refractivity contribution in [2.45, 2.75) is 13.8 Å². The Hall–Kier alpha value is -4.65. The highest BCUT2D eigenvalue weighted by Gasteiger charge is 2.13. The maximum Gasteiger partial charge on any atom is 0.336 e. The van der Waals surface area contributed by atoms with Crippen LogP contribution in [0.25, 0.3) is 11.0 Å². The van der Waals surface area contributed by atoms with Gasteiger partial charge in [0.25, 0.3) is 0 Å². The van der Waals surface area contributed by atoms with Gasteiger partial charge in [-0.2, -0.15) is 15.0 Å². The van der Waals surface area contributed by atoms with Crippen molar-refractivity contribution < 1.29 is 9.15 Å². The lowest BCUT2D eigenvalue weighted by atomic mass is 10.1. The Morgan fingerprint density at radius 3 is 2.20 bits per heavy atom. The van der Waals surface area contributed by atoms with E-state index in [1.54, 1.807) is 42.5 Å². The number of thiocarbonyl (C=S) groups is 2. The van der Waals surface area contributed by atoms with Crippen LogP contribution in [-0.2, 0) is 0 Å². The number of hydrogen-bond acceptors (Lipinski definition) is 8. The zero-order chi connectivity index (χ0) is 28.9. The fourth-order valence-electron chi connectivity index (χ4n) is 3.75. The normalized spacial score (nSPS) is 10.6. The van der Waals surface area contributed by atoms with Gasteiger partial charge in [-0.25, -0.2) is 4.79 Å². The summed E-state index contributed by atoms with van der Waals surface area (Å²) in [4.78, 5) is 25.0. The van der Waals surface area contributed by atoms with E-state index in [-0.39, 0.29) is 28.1 Å². The smallest absolute Gasteiger partial charge is 0.336 e. The number of benzene rings is 3. The summed E-state index contributed by atoms with van der Waals surface area (Å²) in [6, 6.07) is 21.2. The standard InChI is InChI=1S/C28H22ClN7O3S2/c1-15-5-3-4-6-21(15)31-28(41)36-25-32-24(35-27(40)30-18-9-7-17(29)8-10-18)33-26(34-25)38-19-11-12-20-16(2)13-23(37)39-22(20)14-19/h3-14H,1-2H3,(H4,30,31,32,33,34,35,36,40,41). The Morgan fingerprint density at radius 2 is 1.49 bits per heavy atom. The molecule has 0 radical (unpaired) electrons. The summed E-state index contributed by atoms with van der Waals surface area (Å²) in [5.74, 6) is 0.531. The van der Waals surface area contributed by atoms with Crippen LogP contribution in [0.5, 0.6) is 11.8 Å². The largest absolute Gasteiger partial charge is 0.424 e. The number of aromatic nitrogens is 3. The number of aryl methyl sites for hydroxylation is 2. The van der Waals surface area contributed by atoms with Gasteiger partial charge in [0.1, 0.15) is 11.3 Å². The molecule has 3 aromatic carbocycles. The highest BCUT2D eigenvalue weighted by atomic mass is 35.5. The van der Waals surface area contributed by atoms with Crippen molar-refractivity contribution in [2.24, 2.45) is 0 Å². The van der Waals surface area contributed by atoms with E-state index >= 15 is 0 Å². The molecule has 0 spiro atoms. The third kappa shape index (κ3) is 7.31. The van der Waals surface area contributed by atoms with Gasteiger partial charge in [-0.1, -0.05) is 29.8 Å². The number of nitrogens with one attached hydrogen (secondary N) is 4. The van der Waals surface area contributed by atoms with Gasteiger partial charge in [0, 0.05) is 33.9 Å². The zero-order valence-electron chi connectivity index (χ0n) is 21.7. The Bertz CT molecular complexity index is 1830. The molecule has 206 valence electrons. The van der Waals surface area contributed by atoms with Gasteiger partial charge in [-0.05, 0) is 91.9 Å². The Morgan fingerprint density at radius 1 is 0.805 bits per heavy atom. The van der Waals surface area contributed by atoms with Gasteiger partial charge >= 0.3 is 11.6 Å². The van der Waals surface area contributed by atoms with Crippen LogP contribution in [0.4, 0.5) is 23.3 Å². The van der Waals surface area contributed by atoms with Gasteiger partial charge < -0.3 is 30.4 Å². The van der Waals surface area contributed by atoms with Crippen molar-refractivity contribution in [3.8, 4) is 11.8 Å². The summed E-state index contributed by atoms with van der Waals surface area (Å²) < 4.78 is 11.3. The fourth-order valence-corrected chi connectivity index (χ4v) is 4.29. The molecule has 0 aliphatic carbocycles. The number of para-hydroxylation sites is 1. The quantitative estimate of drug-likeness (QED) is 0.122. The van der Waals surface area contributed by atoms with Gasteiger partial charge in [-0.15, -0.1) is 0 Å². The summed E-state index contributed by atoms with van der Waals surface area (Å²) >= 11 is 16.9. The molecule has 4 N–H and O–H groups in total. The lowest BCUT2D eigenvalue weighted by Crippen LogP contribution is -2.24.